The number of benzene rings is 1. The van der Waals surface area contributed by atoms with Crippen LogP contribution in [-0.4, -0.2) is 9.55 Å². The Morgan fingerprint density at radius 2 is 2.12 bits per heavy atom. The Morgan fingerprint density at radius 3 is 2.65 bits per heavy atom. The second kappa shape index (κ2) is 4.58. The van der Waals surface area contributed by atoms with Crippen LogP contribution in [0.25, 0.3) is 5.69 Å². The summed E-state index contributed by atoms with van der Waals surface area (Å²) < 4.78 is 16.3. The fraction of sp³-hybridized carbons (Fsp3) is 0.250. The Balaban J connectivity index is 2.61. The smallest absolute Gasteiger partial charge is 0.161 e. The van der Waals surface area contributed by atoms with Crippen LogP contribution < -0.4 is 5.73 Å². The van der Waals surface area contributed by atoms with Crippen molar-refractivity contribution < 1.29 is 4.39 Å². The first kappa shape index (κ1) is 12.3. The standard InChI is InChI=1S/C12H13BrFN3/c1-7-8(2)17(6-16-7)10-4-3-9(5-15)11(13)12(10)14/h3-4,6H,5,15H2,1-2H3. The fourth-order valence-corrected chi connectivity index (χ4v) is 2.16. The molecule has 0 spiro atoms. The lowest BCUT2D eigenvalue weighted by atomic mass is 10.2. The summed E-state index contributed by atoms with van der Waals surface area (Å²) in [7, 11) is 0. The summed E-state index contributed by atoms with van der Waals surface area (Å²) in [5, 5.41) is 0. The molecule has 0 aliphatic heterocycles. The SMILES string of the molecule is Cc1ncn(-c2ccc(CN)c(Br)c2F)c1C. The molecule has 1 aromatic heterocycles. The van der Waals surface area contributed by atoms with E-state index in [9.17, 15) is 4.39 Å². The van der Waals surface area contributed by atoms with E-state index in [1.807, 2.05) is 19.9 Å². The van der Waals surface area contributed by atoms with E-state index >= 15 is 0 Å². The lowest BCUT2D eigenvalue weighted by Crippen LogP contribution is -2.04. The molecule has 5 heteroatoms. The first-order chi connectivity index (χ1) is 8.06. The van der Waals surface area contributed by atoms with E-state index in [0.717, 1.165) is 17.0 Å². The molecule has 1 aromatic carbocycles. The quantitative estimate of drug-likeness (QED) is 0.926. The van der Waals surface area contributed by atoms with Gasteiger partial charge >= 0.3 is 0 Å². The maximum absolute atomic E-state index is 14.2. The molecule has 1 heterocycles. The van der Waals surface area contributed by atoms with Crippen molar-refractivity contribution in [3.63, 3.8) is 0 Å². The molecule has 3 nitrogen and oxygen atoms in total. The molecule has 0 saturated heterocycles. The number of nitrogens with two attached hydrogens (primary N) is 1. The molecule has 0 saturated carbocycles. The molecule has 0 amide bonds. The number of nitrogens with zero attached hydrogens (tertiary/aromatic N) is 2. The summed E-state index contributed by atoms with van der Waals surface area (Å²) in [6, 6.07) is 3.54. The molecule has 2 rings (SSSR count). The van der Waals surface area contributed by atoms with Gasteiger partial charge in [0.25, 0.3) is 0 Å². The van der Waals surface area contributed by atoms with Crippen molar-refractivity contribution in [2.75, 3.05) is 0 Å². The van der Waals surface area contributed by atoms with Crippen LogP contribution in [0.3, 0.4) is 0 Å². The summed E-state index contributed by atoms with van der Waals surface area (Å²) in [5.74, 6) is -0.312. The molecule has 0 fully saturated rings. The second-order valence-electron chi connectivity index (χ2n) is 3.86. The zero-order valence-corrected chi connectivity index (χ0v) is 11.3. The molecular formula is C12H13BrFN3. The summed E-state index contributed by atoms with van der Waals surface area (Å²) in [6.07, 6.45) is 1.62. The van der Waals surface area contributed by atoms with Crippen molar-refractivity contribution in [3.8, 4) is 5.69 Å². The summed E-state index contributed by atoms with van der Waals surface area (Å²) in [4.78, 5) is 4.16. The lowest BCUT2D eigenvalue weighted by Gasteiger charge is -2.10. The Kier molecular flexibility index (Phi) is 3.31. The lowest BCUT2D eigenvalue weighted by molar-refractivity contribution is 0.607. The first-order valence-corrected chi connectivity index (χ1v) is 6.03. The van der Waals surface area contributed by atoms with E-state index < -0.39 is 0 Å². The molecule has 0 atom stereocenters. The predicted octanol–water partition coefficient (Wildman–Crippen LogP) is 2.85. The van der Waals surface area contributed by atoms with Gasteiger partial charge in [-0.25, -0.2) is 9.37 Å². The van der Waals surface area contributed by atoms with Crippen LogP contribution >= 0.6 is 15.9 Å². The molecule has 90 valence electrons. The molecule has 2 aromatic rings. The normalized spacial score (nSPS) is 10.9. The Hall–Kier alpha value is -1.20. The van der Waals surface area contributed by atoms with Crippen LogP contribution in [0.4, 0.5) is 4.39 Å². The van der Waals surface area contributed by atoms with Crippen molar-refractivity contribution >= 4 is 15.9 Å². The third kappa shape index (κ3) is 2.00. The third-order valence-corrected chi connectivity index (χ3v) is 3.73. The van der Waals surface area contributed by atoms with Gasteiger partial charge in [0.2, 0.25) is 0 Å². The fourth-order valence-electron chi connectivity index (χ4n) is 1.66. The van der Waals surface area contributed by atoms with E-state index in [-0.39, 0.29) is 5.82 Å². The minimum absolute atomic E-state index is 0.305. The van der Waals surface area contributed by atoms with E-state index in [1.54, 1.807) is 17.0 Å². The van der Waals surface area contributed by atoms with Gasteiger partial charge in [0.15, 0.2) is 5.82 Å². The largest absolute Gasteiger partial charge is 0.326 e. The van der Waals surface area contributed by atoms with E-state index in [0.29, 0.717) is 16.7 Å². The number of aromatic nitrogens is 2. The van der Waals surface area contributed by atoms with Gasteiger partial charge < -0.3 is 10.3 Å². The van der Waals surface area contributed by atoms with Gasteiger partial charge in [0.05, 0.1) is 22.2 Å². The Labute approximate surface area is 108 Å². The van der Waals surface area contributed by atoms with Gasteiger partial charge in [0.1, 0.15) is 0 Å². The first-order valence-electron chi connectivity index (χ1n) is 5.24. The van der Waals surface area contributed by atoms with E-state index in [1.165, 1.54) is 0 Å². The summed E-state index contributed by atoms with van der Waals surface area (Å²) >= 11 is 3.23. The van der Waals surface area contributed by atoms with Crippen LogP contribution in [0.5, 0.6) is 0 Å². The molecule has 0 aliphatic carbocycles. The number of hydrogen-bond donors (Lipinski definition) is 1. The van der Waals surface area contributed by atoms with Crippen molar-refractivity contribution in [1.82, 2.24) is 9.55 Å². The maximum atomic E-state index is 14.2. The van der Waals surface area contributed by atoms with Gasteiger partial charge in [-0.15, -0.1) is 0 Å². The van der Waals surface area contributed by atoms with Crippen LogP contribution in [0.15, 0.2) is 22.9 Å². The predicted molar refractivity (Wildman–Crippen MR) is 68.6 cm³/mol. The minimum Gasteiger partial charge on any atom is -0.326 e. The van der Waals surface area contributed by atoms with Crippen molar-refractivity contribution in [2.24, 2.45) is 5.73 Å². The molecule has 17 heavy (non-hydrogen) atoms. The Morgan fingerprint density at radius 1 is 1.41 bits per heavy atom. The Bertz CT molecular complexity index is 563. The zero-order valence-electron chi connectivity index (χ0n) is 9.67. The van der Waals surface area contributed by atoms with Gasteiger partial charge in [-0.3, -0.25) is 0 Å². The molecule has 2 N–H and O–H groups in total. The highest BCUT2D eigenvalue weighted by atomic mass is 79.9. The molecule has 0 aliphatic rings. The van der Waals surface area contributed by atoms with Gasteiger partial charge in [-0.05, 0) is 41.4 Å². The molecule has 0 bridgehead atoms. The minimum atomic E-state index is -0.312. The van der Waals surface area contributed by atoms with Crippen LogP contribution in [0.2, 0.25) is 0 Å². The monoisotopic (exact) mass is 297 g/mol. The zero-order chi connectivity index (χ0) is 12.6. The highest BCUT2D eigenvalue weighted by Crippen LogP contribution is 2.27. The van der Waals surface area contributed by atoms with Crippen molar-refractivity contribution in [2.45, 2.75) is 20.4 Å². The summed E-state index contributed by atoms with van der Waals surface area (Å²) in [5.41, 5.74) is 8.58. The highest BCUT2D eigenvalue weighted by molar-refractivity contribution is 9.10. The van der Waals surface area contributed by atoms with Crippen molar-refractivity contribution in [3.05, 3.63) is 45.7 Å². The highest BCUT2D eigenvalue weighted by Gasteiger charge is 2.14. The van der Waals surface area contributed by atoms with Crippen molar-refractivity contribution in [1.29, 1.82) is 0 Å². The molecule has 0 radical (unpaired) electrons. The van der Waals surface area contributed by atoms with Gasteiger partial charge in [-0.2, -0.15) is 0 Å². The molecule has 0 unspecified atom stereocenters. The van der Waals surface area contributed by atoms with E-state index in [2.05, 4.69) is 20.9 Å². The number of hydrogen-bond acceptors (Lipinski definition) is 2. The average Bonchev–Trinajstić information content (AvgIpc) is 2.64. The number of halogens is 2. The van der Waals surface area contributed by atoms with Crippen LogP contribution in [-0.2, 0) is 6.54 Å². The maximum Gasteiger partial charge on any atom is 0.161 e. The van der Waals surface area contributed by atoms with Crippen LogP contribution in [0, 0.1) is 19.7 Å². The van der Waals surface area contributed by atoms with Crippen LogP contribution in [0.1, 0.15) is 17.0 Å². The molecular weight excluding hydrogens is 285 g/mol. The third-order valence-electron chi connectivity index (χ3n) is 2.87. The van der Waals surface area contributed by atoms with E-state index in [4.69, 9.17) is 5.73 Å². The average molecular weight is 298 g/mol. The topological polar surface area (TPSA) is 43.8 Å². The number of imidazole rings is 1. The summed E-state index contributed by atoms with van der Waals surface area (Å²) in [6.45, 7) is 4.11. The number of rotatable bonds is 2. The van der Waals surface area contributed by atoms with Gasteiger partial charge in [-0.1, -0.05) is 6.07 Å². The second-order valence-corrected chi connectivity index (χ2v) is 4.65. The van der Waals surface area contributed by atoms with Gasteiger partial charge in [0, 0.05) is 12.2 Å². The number of aryl methyl sites for hydroxylation is 1.